The lowest BCUT2D eigenvalue weighted by molar-refractivity contribution is 0.0358. The van der Waals surface area contributed by atoms with Gasteiger partial charge in [-0.3, -0.25) is 4.90 Å². The summed E-state index contributed by atoms with van der Waals surface area (Å²) in [6, 6.07) is 11.7. The van der Waals surface area contributed by atoms with E-state index in [1.54, 1.807) is 30.3 Å². The molecule has 1 fully saturated rings. The fourth-order valence-corrected chi connectivity index (χ4v) is 3.66. The third-order valence-corrected chi connectivity index (χ3v) is 5.44. The summed E-state index contributed by atoms with van der Waals surface area (Å²) < 4.78 is 18.7. The minimum Gasteiger partial charge on any atom is -0.379 e. The van der Waals surface area contributed by atoms with Gasteiger partial charge in [0.05, 0.1) is 23.9 Å². The van der Waals surface area contributed by atoms with E-state index in [9.17, 15) is 4.39 Å². The minimum atomic E-state index is -0.253. The highest BCUT2D eigenvalue weighted by molar-refractivity contribution is 7.80. The number of halogens is 3. The van der Waals surface area contributed by atoms with Gasteiger partial charge in [-0.25, -0.2) is 4.39 Å². The highest BCUT2D eigenvalue weighted by atomic mass is 35.5. The molecule has 1 saturated heterocycles. The molecule has 0 aliphatic carbocycles. The van der Waals surface area contributed by atoms with Crippen molar-refractivity contribution in [2.24, 2.45) is 0 Å². The molecule has 0 aromatic heterocycles. The summed E-state index contributed by atoms with van der Waals surface area (Å²) in [5.41, 5.74) is 1.68. The number of hydrogen-bond acceptors (Lipinski definition) is 3. The molecular formula is C20H22Cl2FN3OS. The van der Waals surface area contributed by atoms with Gasteiger partial charge in [-0.15, -0.1) is 0 Å². The highest BCUT2D eigenvalue weighted by Crippen LogP contribution is 2.25. The van der Waals surface area contributed by atoms with Gasteiger partial charge in [0, 0.05) is 37.7 Å². The van der Waals surface area contributed by atoms with Crippen LogP contribution in [0.4, 0.5) is 10.1 Å². The Balaban J connectivity index is 1.69. The van der Waals surface area contributed by atoms with Gasteiger partial charge < -0.3 is 15.0 Å². The van der Waals surface area contributed by atoms with Crippen LogP contribution >= 0.6 is 35.4 Å². The standard InChI is InChI=1S/C20H22Cl2FN3OS/c21-16-3-6-19(18(22)13-16)24-20(28)26(8-7-25-9-11-27-12-10-25)14-15-1-4-17(23)5-2-15/h1-6,13H,7-12,14H2,(H,24,28). The second-order valence-corrected chi connectivity index (χ2v) is 7.79. The molecule has 0 saturated carbocycles. The Morgan fingerprint density at radius 2 is 1.86 bits per heavy atom. The van der Waals surface area contributed by atoms with E-state index in [0.29, 0.717) is 27.4 Å². The van der Waals surface area contributed by atoms with Gasteiger partial charge in [0.25, 0.3) is 0 Å². The van der Waals surface area contributed by atoms with E-state index in [2.05, 4.69) is 15.1 Å². The summed E-state index contributed by atoms with van der Waals surface area (Å²) in [5, 5.41) is 4.83. The molecule has 0 amide bonds. The van der Waals surface area contributed by atoms with E-state index in [0.717, 1.165) is 45.0 Å². The first-order valence-corrected chi connectivity index (χ1v) is 10.2. The Kier molecular flexibility index (Phi) is 7.88. The molecule has 1 heterocycles. The van der Waals surface area contributed by atoms with Gasteiger partial charge in [-0.1, -0.05) is 35.3 Å². The quantitative estimate of drug-likeness (QED) is 0.657. The van der Waals surface area contributed by atoms with E-state index in [-0.39, 0.29) is 5.82 Å². The summed E-state index contributed by atoms with van der Waals surface area (Å²) in [7, 11) is 0. The normalized spacial score (nSPS) is 14.7. The first-order valence-electron chi connectivity index (χ1n) is 9.07. The molecule has 1 aliphatic heterocycles. The molecule has 0 unspecified atom stereocenters. The maximum Gasteiger partial charge on any atom is 0.173 e. The number of anilines is 1. The van der Waals surface area contributed by atoms with Gasteiger partial charge in [0.1, 0.15) is 5.82 Å². The topological polar surface area (TPSA) is 27.7 Å². The Morgan fingerprint density at radius 3 is 2.54 bits per heavy atom. The van der Waals surface area contributed by atoms with Crippen molar-refractivity contribution >= 4 is 46.2 Å². The summed E-state index contributed by atoms with van der Waals surface area (Å²) in [6.07, 6.45) is 0. The molecule has 2 aromatic rings. The van der Waals surface area contributed by atoms with Crippen molar-refractivity contribution in [2.75, 3.05) is 44.7 Å². The van der Waals surface area contributed by atoms with Crippen LogP contribution in [0.1, 0.15) is 5.56 Å². The molecule has 8 heteroatoms. The number of ether oxygens (including phenoxy) is 1. The van der Waals surface area contributed by atoms with E-state index >= 15 is 0 Å². The van der Waals surface area contributed by atoms with Crippen molar-refractivity contribution in [3.05, 3.63) is 63.9 Å². The average Bonchev–Trinajstić information content (AvgIpc) is 2.69. The summed E-state index contributed by atoms with van der Waals surface area (Å²) in [5.74, 6) is -0.253. The zero-order chi connectivity index (χ0) is 19.9. The SMILES string of the molecule is Fc1ccc(CN(CCN2CCOCC2)C(=S)Nc2ccc(Cl)cc2Cl)cc1. The van der Waals surface area contributed by atoms with Crippen LogP contribution < -0.4 is 5.32 Å². The predicted molar refractivity (Wildman–Crippen MR) is 117 cm³/mol. The molecule has 28 heavy (non-hydrogen) atoms. The number of nitrogens with zero attached hydrogens (tertiary/aromatic N) is 2. The number of rotatable bonds is 6. The number of benzene rings is 2. The summed E-state index contributed by atoms with van der Waals surface area (Å²) in [4.78, 5) is 4.40. The maximum absolute atomic E-state index is 13.2. The fourth-order valence-electron chi connectivity index (χ4n) is 2.93. The van der Waals surface area contributed by atoms with Crippen molar-refractivity contribution in [2.45, 2.75) is 6.54 Å². The summed E-state index contributed by atoms with van der Waals surface area (Å²) in [6.45, 7) is 5.49. The molecule has 2 aromatic carbocycles. The van der Waals surface area contributed by atoms with E-state index < -0.39 is 0 Å². The van der Waals surface area contributed by atoms with Crippen molar-refractivity contribution in [1.29, 1.82) is 0 Å². The van der Waals surface area contributed by atoms with Gasteiger partial charge >= 0.3 is 0 Å². The first-order chi connectivity index (χ1) is 13.5. The van der Waals surface area contributed by atoms with Crippen LogP contribution in [-0.2, 0) is 11.3 Å². The third kappa shape index (κ3) is 6.29. The number of nitrogens with one attached hydrogen (secondary N) is 1. The predicted octanol–water partition coefficient (Wildman–Crippen LogP) is 4.66. The molecule has 0 spiro atoms. The number of hydrogen-bond donors (Lipinski definition) is 1. The van der Waals surface area contributed by atoms with Crippen LogP contribution in [0.15, 0.2) is 42.5 Å². The smallest absolute Gasteiger partial charge is 0.173 e. The zero-order valence-electron chi connectivity index (χ0n) is 15.3. The second-order valence-electron chi connectivity index (χ2n) is 6.56. The Hall–Kier alpha value is -1.44. The molecule has 1 aliphatic rings. The Labute approximate surface area is 180 Å². The third-order valence-electron chi connectivity index (χ3n) is 4.54. The average molecular weight is 442 g/mol. The van der Waals surface area contributed by atoms with Crippen LogP contribution in [-0.4, -0.2) is 54.3 Å². The van der Waals surface area contributed by atoms with Crippen molar-refractivity contribution in [1.82, 2.24) is 9.80 Å². The molecule has 3 rings (SSSR count). The van der Waals surface area contributed by atoms with E-state index in [1.807, 2.05) is 0 Å². The van der Waals surface area contributed by atoms with Crippen LogP contribution in [0.2, 0.25) is 10.0 Å². The molecule has 1 N–H and O–H groups in total. The van der Waals surface area contributed by atoms with Crippen LogP contribution in [0.25, 0.3) is 0 Å². The van der Waals surface area contributed by atoms with Crippen LogP contribution in [0.5, 0.6) is 0 Å². The number of morpholine rings is 1. The largest absolute Gasteiger partial charge is 0.379 e. The molecular weight excluding hydrogens is 420 g/mol. The summed E-state index contributed by atoms with van der Waals surface area (Å²) >= 11 is 17.9. The van der Waals surface area contributed by atoms with E-state index in [1.165, 1.54) is 12.1 Å². The van der Waals surface area contributed by atoms with Gasteiger partial charge in [0.2, 0.25) is 0 Å². The molecule has 0 atom stereocenters. The Morgan fingerprint density at radius 1 is 1.14 bits per heavy atom. The number of thiocarbonyl (C=S) groups is 1. The Bertz CT molecular complexity index is 801. The fraction of sp³-hybridized carbons (Fsp3) is 0.350. The second kappa shape index (κ2) is 10.4. The van der Waals surface area contributed by atoms with Crippen LogP contribution in [0, 0.1) is 5.82 Å². The molecule has 0 radical (unpaired) electrons. The van der Waals surface area contributed by atoms with Gasteiger partial charge in [-0.05, 0) is 48.1 Å². The maximum atomic E-state index is 13.2. The molecule has 0 bridgehead atoms. The van der Waals surface area contributed by atoms with Crippen molar-refractivity contribution < 1.29 is 9.13 Å². The van der Waals surface area contributed by atoms with Crippen LogP contribution in [0.3, 0.4) is 0 Å². The first kappa shape index (κ1) is 21.3. The van der Waals surface area contributed by atoms with Crippen molar-refractivity contribution in [3.63, 3.8) is 0 Å². The zero-order valence-corrected chi connectivity index (χ0v) is 17.7. The van der Waals surface area contributed by atoms with E-state index in [4.69, 9.17) is 40.2 Å². The highest BCUT2D eigenvalue weighted by Gasteiger charge is 2.16. The van der Waals surface area contributed by atoms with Crippen molar-refractivity contribution in [3.8, 4) is 0 Å². The molecule has 150 valence electrons. The lowest BCUT2D eigenvalue weighted by Gasteiger charge is -2.31. The monoisotopic (exact) mass is 441 g/mol. The minimum absolute atomic E-state index is 0.253. The molecule has 4 nitrogen and oxygen atoms in total. The van der Waals surface area contributed by atoms with Gasteiger partial charge in [0.15, 0.2) is 5.11 Å². The lowest BCUT2D eigenvalue weighted by atomic mass is 10.2. The lowest BCUT2D eigenvalue weighted by Crippen LogP contribution is -2.44. The van der Waals surface area contributed by atoms with Gasteiger partial charge in [-0.2, -0.15) is 0 Å².